The maximum atomic E-state index is 12.4. The van der Waals surface area contributed by atoms with Crippen molar-refractivity contribution < 1.29 is 4.74 Å². The first-order valence-electron chi connectivity index (χ1n) is 8.26. The Morgan fingerprint density at radius 2 is 2.00 bits per heavy atom. The third-order valence-electron chi connectivity index (χ3n) is 4.46. The third-order valence-corrected chi connectivity index (χ3v) is 4.46. The molecule has 24 heavy (non-hydrogen) atoms. The number of aromatic amines is 1. The van der Waals surface area contributed by atoms with E-state index in [1.165, 1.54) is 10.1 Å². The monoisotopic (exact) mass is 329 g/mol. The molecule has 6 nitrogen and oxygen atoms in total. The molecule has 0 aliphatic carbocycles. The van der Waals surface area contributed by atoms with E-state index >= 15 is 0 Å². The lowest BCUT2D eigenvalue weighted by molar-refractivity contribution is 0.356. The van der Waals surface area contributed by atoms with E-state index in [4.69, 9.17) is 4.74 Å². The number of nitrogens with zero attached hydrogens (tertiary/aromatic N) is 1. The molecule has 1 aliphatic rings. The number of H-pyrrole nitrogens is 1. The largest absolute Gasteiger partial charge is 0.493 e. The van der Waals surface area contributed by atoms with Crippen LogP contribution < -0.4 is 21.3 Å². The van der Waals surface area contributed by atoms with E-state index in [9.17, 15) is 9.59 Å². The van der Waals surface area contributed by atoms with Crippen LogP contribution in [0.1, 0.15) is 49.5 Å². The van der Waals surface area contributed by atoms with Crippen LogP contribution >= 0.6 is 0 Å². The van der Waals surface area contributed by atoms with Gasteiger partial charge in [0.1, 0.15) is 11.6 Å². The van der Waals surface area contributed by atoms with Crippen molar-refractivity contribution in [1.82, 2.24) is 9.55 Å². The standard InChI is InChI=1S/C18H23N3O3/c1-10(2)21-17(22)11(3)16(20-18(21)23)19-12(4)14-6-5-13-7-8-24-15(13)9-14/h5-6,9-10,12,19H,7-8H2,1-4H3,(H,20,23)/t12-/m0/s1. The highest BCUT2D eigenvalue weighted by molar-refractivity contribution is 5.46. The van der Waals surface area contributed by atoms with Gasteiger partial charge in [-0.1, -0.05) is 12.1 Å². The van der Waals surface area contributed by atoms with Crippen LogP contribution in [0.4, 0.5) is 5.82 Å². The molecule has 0 bridgehead atoms. The number of rotatable bonds is 4. The fourth-order valence-corrected chi connectivity index (χ4v) is 3.01. The highest BCUT2D eigenvalue weighted by Gasteiger charge is 2.17. The molecule has 2 aromatic rings. The summed E-state index contributed by atoms with van der Waals surface area (Å²) in [5, 5.41) is 3.24. The molecule has 0 unspecified atom stereocenters. The SMILES string of the molecule is Cc1c(N[C@@H](C)c2ccc3c(c2)OCC3)[nH]c(=O)n(C(C)C)c1=O. The molecule has 2 heterocycles. The van der Waals surface area contributed by atoms with Crippen molar-refractivity contribution in [2.75, 3.05) is 11.9 Å². The van der Waals surface area contributed by atoms with E-state index in [0.717, 1.165) is 24.3 Å². The van der Waals surface area contributed by atoms with Crippen LogP contribution in [0.15, 0.2) is 27.8 Å². The Balaban J connectivity index is 1.91. The fourth-order valence-electron chi connectivity index (χ4n) is 3.01. The summed E-state index contributed by atoms with van der Waals surface area (Å²) in [6, 6.07) is 5.89. The third kappa shape index (κ3) is 2.84. The predicted molar refractivity (Wildman–Crippen MR) is 94.1 cm³/mol. The number of aromatic nitrogens is 2. The zero-order valence-corrected chi connectivity index (χ0v) is 14.5. The van der Waals surface area contributed by atoms with Gasteiger partial charge in [-0.15, -0.1) is 0 Å². The molecule has 1 aliphatic heterocycles. The zero-order chi connectivity index (χ0) is 17.4. The van der Waals surface area contributed by atoms with Crippen molar-refractivity contribution >= 4 is 5.82 Å². The number of ether oxygens (including phenoxy) is 1. The number of hydrogen-bond donors (Lipinski definition) is 2. The van der Waals surface area contributed by atoms with Crippen LogP contribution in [-0.4, -0.2) is 16.2 Å². The van der Waals surface area contributed by atoms with E-state index in [-0.39, 0.29) is 17.6 Å². The van der Waals surface area contributed by atoms with Gasteiger partial charge in [0.25, 0.3) is 5.56 Å². The summed E-state index contributed by atoms with van der Waals surface area (Å²) in [4.78, 5) is 27.4. The highest BCUT2D eigenvalue weighted by atomic mass is 16.5. The van der Waals surface area contributed by atoms with Crippen LogP contribution in [0.25, 0.3) is 0 Å². The number of nitrogens with one attached hydrogen (secondary N) is 2. The maximum absolute atomic E-state index is 12.4. The summed E-state index contributed by atoms with van der Waals surface area (Å²) in [6.45, 7) is 8.06. The molecule has 0 amide bonds. The zero-order valence-electron chi connectivity index (χ0n) is 14.5. The summed E-state index contributed by atoms with van der Waals surface area (Å²) in [6.07, 6.45) is 0.942. The Labute approximate surface area is 140 Å². The number of fused-ring (bicyclic) bond motifs is 1. The normalized spacial score (nSPS) is 14.4. The smallest absolute Gasteiger partial charge is 0.330 e. The van der Waals surface area contributed by atoms with Crippen LogP contribution in [0.2, 0.25) is 0 Å². The second-order valence-electron chi connectivity index (χ2n) is 6.53. The first-order chi connectivity index (χ1) is 11.4. The quantitative estimate of drug-likeness (QED) is 0.904. The molecule has 1 aromatic carbocycles. The van der Waals surface area contributed by atoms with Gasteiger partial charge in [0, 0.05) is 12.5 Å². The van der Waals surface area contributed by atoms with Crippen LogP contribution in [0, 0.1) is 6.92 Å². The summed E-state index contributed by atoms with van der Waals surface area (Å²) < 4.78 is 6.84. The summed E-state index contributed by atoms with van der Waals surface area (Å²) in [7, 11) is 0. The van der Waals surface area contributed by atoms with Gasteiger partial charge in [0.15, 0.2) is 0 Å². The molecule has 6 heteroatoms. The Morgan fingerprint density at radius 1 is 1.25 bits per heavy atom. The molecule has 0 saturated carbocycles. The van der Waals surface area contributed by atoms with Gasteiger partial charge in [-0.05, 0) is 44.9 Å². The first kappa shape index (κ1) is 16.4. The van der Waals surface area contributed by atoms with E-state index in [0.29, 0.717) is 11.4 Å². The minimum Gasteiger partial charge on any atom is -0.493 e. The molecular weight excluding hydrogens is 306 g/mol. The molecule has 2 N–H and O–H groups in total. The lowest BCUT2D eigenvalue weighted by atomic mass is 10.0. The Hall–Kier alpha value is -2.50. The number of anilines is 1. The van der Waals surface area contributed by atoms with Gasteiger partial charge in [0.2, 0.25) is 0 Å². The van der Waals surface area contributed by atoms with Crippen molar-refractivity contribution in [3.05, 3.63) is 55.7 Å². The maximum Gasteiger partial charge on any atom is 0.330 e. The number of benzene rings is 1. The van der Waals surface area contributed by atoms with E-state index in [1.54, 1.807) is 6.92 Å². The van der Waals surface area contributed by atoms with Crippen molar-refractivity contribution in [3.8, 4) is 5.75 Å². The Kier molecular flexibility index (Phi) is 4.22. The molecule has 3 rings (SSSR count). The van der Waals surface area contributed by atoms with E-state index in [1.807, 2.05) is 32.9 Å². The molecule has 0 fully saturated rings. The number of hydrogen-bond acceptors (Lipinski definition) is 4. The van der Waals surface area contributed by atoms with Gasteiger partial charge in [-0.2, -0.15) is 0 Å². The predicted octanol–water partition coefficient (Wildman–Crippen LogP) is 2.53. The summed E-state index contributed by atoms with van der Waals surface area (Å²) in [5.74, 6) is 1.39. The highest BCUT2D eigenvalue weighted by Crippen LogP contribution is 2.29. The molecular formula is C18H23N3O3. The first-order valence-corrected chi connectivity index (χ1v) is 8.26. The lowest BCUT2D eigenvalue weighted by Crippen LogP contribution is -2.38. The molecule has 0 radical (unpaired) electrons. The molecule has 128 valence electrons. The van der Waals surface area contributed by atoms with Crippen LogP contribution in [0.3, 0.4) is 0 Å². The average molecular weight is 329 g/mol. The minimum absolute atomic E-state index is 0.0665. The van der Waals surface area contributed by atoms with Crippen molar-refractivity contribution in [2.45, 2.75) is 46.2 Å². The minimum atomic E-state index is -0.396. The lowest BCUT2D eigenvalue weighted by Gasteiger charge is -2.19. The Bertz CT molecular complexity index is 880. The van der Waals surface area contributed by atoms with Gasteiger partial charge >= 0.3 is 5.69 Å². The second-order valence-corrected chi connectivity index (χ2v) is 6.53. The molecule has 1 atom stereocenters. The van der Waals surface area contributed by atoms with Gasteiger partial charge < -0.3 is 10.1 Å². The molecule has 0 saturated heterocycles. The van der Waals surface area contributed by atoms with Gasteiger partial charge in [-0.3, -0.25) is 14.3 Å². The van der Waals surface area contributed by atoms with Gasteiger partial charge in [-0.25, -0.2) is 4.79 Å². The van der Waals surface area contributed by atoms with Crippen molar-refractivity contribution in [1.29, 1.82) is 0 Å². The van der Waals surface area contributed by atoms with Crippen LogP contribution in [0.5, 0.6) is 5.75 Å². The molecule has 1 aromatic heterocycles. The fraction of sp³-hybridized carbons (Fsp3) is 0.444. The summed E-state index contributed by atoms with van der Waals surface area (Å²) in [5.41, 5.74) is 2.11. The van der Waals surface area contributed by atoms with Crippen molar-refractivity contribution in [2.24, 2.45) is 0 Å². The van der Waals surface area contributed by atoms with Crippen LogP contribution in [-0.2, 0) is 6.42 Å². The van der Waals surface area contributed by atoms with E-state index < -0.39 is 5.69 Å². The summed E-state index contributed by atoms with van der Waals surface area (Å²) >= 11 is 0. The Morgan fingerprint density at radius 3 is 2.71 bits per heavy atom. The average Bonchev–Trinajstić information content (AvgIpc) is 2.99. The topological polar surface area (TPSA) is 76.1 Å². The molecule has 0 spiro atoms. The van der Waals surface area contributed by atoms with E-state index in [2.05, 4.69) is 16.4 Å². The van der Waals surface area contributed by atoms with Gasteiger partial charge in [0.05, 0.1) is 18.2 Å². The van der Waals surface area contributed by atoms with Crippen molar-refractivity contribution in [3.63, 3.8) is 0 Å². The second kappa shape index (κ2) is 6.19.